The summed E-state index contributed by atoms with van der Waals surface area (Å²) in [6, 6.07) is 4.83. The fraction of sp³-hybridized carbons (Fsp3) is 0.273. The Hall–Kier alpha value is -0.620. The Bertz CT molecular complexity index is 393. The standard InChI is InChI=1S/C11H10ClIO3/c12-9-4-3-8(7-14)10(6-9)16-5-1-2-11(13)15/h3-4,6-7H,1-2,5H2. The summed E-state index contributed by atoms with van der Waals surface area (Å²) in [4.78, 5) is 21.4. The first-order chi connectivity index (χ1) is 7.63. The van der Waals surface area contributed by atoms with Gasteiger partial charge in [0.05, 0.1) is 12.2 Å². The van der Waals surface area contributed by atoms with E-state index in [1.54, 1.807) is 40.8 Å². The molecule has 0 saturated carbocycles. The molecular formula is C11H10ClIO3. The van der Waals surface area contributed by atoms with E-state index in [1.807, 2.05) is 0 Å². The van der Waals surface area contributed by atoms with Crippen molar-refractivity contribution in [2.45, 2.75) is 12.8 Å². The van der Waals surface area contributed by atoms with E-state index in [0.717, 1.165) is 6.29 Å². The molecule has 0 fully saturated rings. The molecule has 0 spiro atoms. The maximum Gasteiger partial charge on any atom is 0.192 e. The lowest BCUT2D eigenvalue weighted by atomic mass is 10.2. The van der Waals surface area contributed by atoms with E-state index in [2.05, 4.69) is 0 Å². The molecule has 0 aliphatic rings. The van der Waals surface area contributed by atoms with E-state index in [1.165, 1.54) is 0 Å². The van der Waals surface area contributed by atoms with Crippen LogP contribution in [-0.2, 0) is 4.79 Å². The highest BCUT2D eigenvalue weighted by molar-refractivity contribution is 14.1. The number of hydrogen-bond donors (Lipinski definition) is 0. The Labute approximate surface area is 112 Å². The Morgan fingerprint density at radius 3 is 2.88 bits per heavy atom. The summed E-state index contributed by atoms with van der Waals surface area (Å²) in [7, 11) is 0. The van der Waals surface area contributed by atoms with Crippen molar-refractivity contribution in [1.82, 2.24) is 0 Å². The second-order valence-electron chi connectivity index (χ2n) is 3.11. The maximum absolute atomic E-state index is 10.7. The van der Waals surface area contributed by atoms with E-state index in [4.69, 9.17) is 16.3 Å². The van der Waals surface area contributed by atoms with Gasteiger partial charge < -0.3 is 4.74 Å². The van der Waals surface area contributed by atoms with Crippen molar-refractivity contribution in [2.24, 2.45) is 0 Å². The lowest BCUT2D eigenvalue weighted by Crippen LogP contribution is -2.01. The predicted octanol–water partition coefficient (Wildman–Crippen LogP) is 3.27. The molecule has 0 bridgehead atoms. The highest BCUT2D eigenvalue weighted by Crippen LogP contribution is 2.22. The van der Waals surface area contributed by atoms with E-state index in [0.29, 0.717) is 35.8 Å². The number of ether oxygens (including phenoxy) is 1. The minimum Gasteiger partial charge on any atom is -0.493 e. The van der Waals surface area contributed by atoms with Crippen molar-refractivity contribution >= 4 is 44.3 Å². The number of hydrogen-bond acceptors (Lipinski definition) is 3. The maximum atomic E-state index is 10.7. The normalized spacial score (nSPS) is 9.88. The summed E-state index contributed by atoms with van der Waals surface area (Å²) in [6.45, 7) is 0.399. The first-order valence-corrected chi connectivity index (χ1v) is 6.15. The molecular weight excluding hydrogens is 342 g/mol. The van der Waals surface area contributed by atoms with Crippen LogP contribution in [0.1, 0.15) is 23.2 Å². The molecule has 0 heterocycles. The third-order valence-electron chi connectivity index (χ3n) is 1.88. The predicted molar refractivity (Wildman–Crippen MR) is 70.6 cm³/mol. The number of aldehydes is 1. The molecule has 0 aliphatic heterocycles. The Morgan fingerprint density at radius 1 is 1.50 bits per heavy atom. The summed E-state index contributed by atoms with van der Waals surface area (Å²) < 4.78 is 5.49. The average molecular weight is 353 g/mol. The summed E-state index contributed by atoms with van der Waals surface area (Å²) in [5.74, 6) is 0.461. The van der Waals surface area contributed by atoms with Gasteiger partial charge in [0.25, 0.3) is 0 Å². The average Bonchev–Trinajstić information content (AvgIpc) is 2.24. The van der Waals surface area contributed by atoms with Crippen molar-refractivity contribution in [3.05, 3.63) is 28.8 Å². The smallest absolute Gasteiger partial charge is 0.192 e. The van der Waals surface area contributed by atoms with Gasteiger partial charge in [-0.1, -0.05) is 11.6 Å². The fourth-order valence-electron chi connectivity index (χ4n) is 1.12. The van der Waals surface area contributed by atoms with Gasteiger partial charge in [-0.25, -0.2) is 0 Å². The SMILES string of the molecule is O=Cc1ccc(Cl)cc1OCCCC(=O)I. The van der Waals surface area contributed by atoms with Gasteiger partial charge in [0, 0.05) is 11.4 Å². The Balaban J connectivity index is 2.55. The van der Waals surface area contributed by atoms with Gasteiger partial charge in [0.2, 0.25) is 0 Å². The van der Waals surface area contributed by atoms with Crippen LogP contribution >= 0.6 is 34.2 Å². The lowest BCUT2D eigenvalue weighted by molar-refractivity contribution is -0.109. The minimum absolute atomic E-state index is 0.0999. The number of carbonyl (C=O) groups excluding carboxylic acids is 2. The van der Waals surface area contributed by atoms with Gasteiger partial charge in [0.15, 0.2) is 10.1 Å². The molecule has 0 amide bonds. The fourth-order valence-corrected chi connectivity index (χ4v) is 1.67. The number of rotatable bonds is 6. The van der Waals surface area contributed by atoms with Crippen LogP contribution in [0.2, 0.25) is 5.02 Å². The van der Waals surface area contributed by atoms with E-state index in [-0.39, 0.29) is 3.79 Å². The Kier molecular flexibility index (Phi) is 5.76. The van der Waals surface area contributed by atoms with Crippen LogP contribution in [0.3, 0.4) is 0 Å². The second-order valence-corrected chi connectivity index (χ2v) is 4.75. The molecule has 0 radical (unpaired) electrons. The third-order valence-corrected chi connectivity index (χ3v) is 2.65. The second kappa shape index (κ2) is 6.85. The zero-order chi connectivity index (χ0) is 12.0. The van der Waals surface area contributed by atoms with Gasteiger partial charge in [-0.15, -0.1) is 0 Å². The summed E-state index contributed by atoms with van der Waals surface area (Å²) in [5, 5.41) is 0.519. The van der Waals surface area contributed by atoms with Crippen LogP contribution in [0, 0.1) is 0 Å². The van der Waals surface area contributed by atoms with Crippen molar-refractivity contribution in [2.75, 3.05) is 6.61 Å². The summed E-state index contributed by atoms with van der Waals surface area (Å²) in [5.41, 5.74) is 0.463. The highest BCUT2D eigenvalue weighted by atomic mass is 127. The van der Waals surface area contributed by atoms with Gasteiger partial charge in [-0.2, -0.15) is 0 Å². The summed E-state index contributed by atoms with van der Waals surface area (Å²) in [6.07, 6.45) is 1.82. The zero-order valence-electron chi connectivity index (χ0n) is 8.41. The van der Waals surface area contributed by atoms with Crippen molar-refractivity contribution in [3.63, 3.8) is 0 Å². The van der Waals surface area contributed by atoms with Crippen LogP contribution in [0.5, 0.6) is 5.75 Å². The molecule has 5 heteroatoms. The first kappa shape index (κ1) is 13.4. The molecule has 0 atom stereocenters. The molecule has 86 valence electrons. The largest absolute Gasteiger partial charge is 0.493 e. The highest BCUT2D eigenvalue weighted by Gasteiger charge is 2.04. The monoisotopic (exact) mass is 352 g/mol. The van der Waals surface area contributed by atoms with E-state index >= 15 is 0 Å². The lowest BCUT2D eigenvalue weighted by Gasteiger charge is -2.07. The molecule has 0 N–H and O–H groups in total. The van der Waals surface area contributed by atoms with E-state index < -0.39 is 0 Å². The van der Waals surface area contributed by atoms with Gasteiger partial charge in [-0.3, -0.25) is 9.59 Å². The molecule has 1 aromatic carbocycles. The molecule has 0 saturated heterocycles. The van der Waals surface area contributed by atoms with Crippen LogP contribution < -0.4 is 4.74 Å². The van der Waals surface area contributed by atoms with Crippen LogP contribution in [0.4, 0.5) is 0 Å². The first-order valence-electron chi connectivity index (χ1n) is 4.69. The quantitative estimate of drug-likeness (QED) is 0.341. The topological polar surface area (TPSA) is 43.4 Å². The molecule has 3 nitrogen and oxygen atoms in total. The Morgan fingerprint density at radius 2 is 2.25 bits per heavy atom. The van der Waals surface area contributed by atoms with Crippen LogP contribution in [0.25, 0.3) is 0 Å². The van der Waals surface area contributed by atoms with Gasteiger partial charge >= 0.3 is 0 Å². The molecule has 16 heavy (non-hydrogen) atoms. The number of carbonyl (C=O) groups is 2. The summed E-state index contributed by atoms with van der Waals surface area (Å²) >= 11 is 7.53. The molecule has 0 aromatic heterocycles. The van der Waals surface area contributed by atoms with Crippen LogP contribution in [-0.4, -0.2) is 16.7 Å². The van der Waals surface area contributed by atoms with E-state index in [9.17, 15) is 9.59 Å². The van der Waals surface area contributed by atoms with Gasteiger partial charge in [-0.05, 0) is 47.2 Å². The third kappa shape index (κ3) is 4.49. The van der Waals surface area contributed by atoms with Crippen LogP contribution in [0.15, 0.2) is 18.2 Å². The molecule has 1 rings (SSSR count). The number of benzene rings is 1. The van der Waals surface area contributed by atoms with Gasteiger partial charge in [0.1, 0.15) is 5.75 Å². The number of halogens is 2. The molecule has 0 aliphatic carbocycles. The van der Waals surface area contributed by atoms with Crippen molar-refractivity contribution in [3.8, 4) is 5.75 Å². The minimum atomic E-state index is 0.0999. The van der Waals surface area contributed by atoms with Crippen molar-refractivity contribution < 1.29 is 14.3 Å². The zero-order valence-corrected chi connectivity index (χ0v) is 11.3. The van der Waals surface area contributed by atoms with Crippen molar-refractivity contribution in [1.29, 1.82) is 0 Å². The molecule has 0 unspecified atom stereocenters. The molecule has 1 aromatic rings.